The lowest BCUT2D eigenvalue weighted by Crippen LogP contribution is -2.50. The highest BCUT2D eigenvalue weighted by Gasteiger charge is 2.30. The lowest BCUT2D eigenvalue weighted by atomic mass is 10.2. The first-order valence-electron chi connectivity index (χ1n) is 9.42. The summed E-state index contributed by atoms with van der Waals surface area (Å²) in [4.78, 5) is 14.7. The van der Waals surface area contributed by atoms with Gasteiger partial charge in [0, 0.05) is 31.9 Å². The summed E-state index contributed by atoms with van der Waals surface area (Å²) in [5, 5.41) is 2.93. The lowest BCUT2D eigenvalue weighted by molar-refractivity contribution is -0.117. The van der Waals surface area contributed by atoms with E-state index >= 15 is 0 Å². The van der Waals surface area contributed by atoms with E-state index in [-0.39, 0.29) is 12.5 Å². The maximum absolute atomic E-state index is 13.0. The van der Waals surface area contributed by atoms with Crippen LogP contribution < -0.4 is 5.32 Å². The normalized spacial score (nSPS) is 16.1. The second-order valence-electron chi connectivity index (χ2n) is 7.31. The Morgan fingerprint density at radius 1 is 0.964 bits per heavy atom. The van der Waals surface area contributed by atoms with Gasteiger partial charge in [-0.2, -0.15) is 4.31 Å². The molecule has 0 atom stereocenters. The molecule has 0 spiro atoms. The Balaban J connectivity index is 1.58. The Labute approximate surface area is 167 Å². The van der Waals surface area contributed by atoms with Crippen LogP contribution in [0.3, 0.4) is 0 Å². The summed E-state index contributed by atoms with van der Waals surface area (Å²) >= 11 is 0. The highest BCUT2D eigenvalue weighted by atomic mass is 32.2. The van der Waals surface area contributed by atoms with Crippen LogP contribution in [0.4, 0.5) is 5.69 Å². The molecule has 28 heavy (non-hydrogen) atoms. The number of hydrogen-bond donors (Lipinski definition) is 1. The third-order valence-corrected chi connectivity index (χ3v) is 7.12. The Morgan fingerprint density at radius 2 is 1.64 bits per heavy atom. The number of sulfonamides is 1. The van der Waals surface area contributed by atoms with Crippen molar-refractivity contribution in [1.82, 2.24) is 9.21 Å². The van der Waals surface area contributed by atoms with Crippen molar-refractivity contribution >= 4 is 21.6 Å². The minimum Gasteiger partial charge on any atom is -0.325 e. The molecule has 2 aromatic carbocycles. The maximum Gasteiger partial charge on any atom is 0.243 e. The first-order chi connectivity index (χ1) is 13.3. The van der Waals surface area contributed by atoms with Crippen LogP contribution in [0, 0.1) is 20.8 Å². The molecule has 2 aromatic rings. The summed E-state index contributed by atoms with van der Waals surface area (Å²) in [6, 6.07) is 13.0. The summed E-state index contributed by atoms with van der Waals surface area (Å²) < 4.78 is 27.4. The number of hydrogen-bond acceptors (Lipinski definition) is 4. The van der Waals surface area contributed by atoms with E-state index in [1.165, 1.54) is 4.31 Å². The molecule has 0 radical (unpaired) electrons. The van der Waals surface area contributed by atoms with Gasteiger partial charge in [-0.25, -0.2) is 8.42 Å². The van der Waals surface area contributed by atoms with Crippen molar-refractivity contribution in [3.05, 3.63) is 59.2 Å². The van der Waals surface area contributed by atoms with E-state index in [0.717, 1.165) is 22.4 Å². The first kappa shape index (κ1) is 20.5. The van der Waals surface area contributed by atoms with Crippen molar-refractivity contribution in [2.24, 2.45) is 0 Å². The van der Waals surface area contributed by atoms with Gasteiger partial charge >= 0.3 is 0 Å². The van der Waals surface area contributed by atoms with Gasteiger partial charge in [-0.15, -0.1) is 0 Å². The number of nitrogens with one attached hydrogen (secondary N) is 1. The van der Waals surface area contributed by atoms with Gasteiger partial charge in [-0.1, -0.05) is 35.9 Å². The Morgan fingerprint density at radius 3 is 2.29 bits per heavy atom. The summed E-state index contributed by atoms with van der Waals surface area (Å²) in [6.45, 7) is 7.81. The minimum atomic E-state index is -3.51. The fourth-order valence-electron chi connectivity index (χ4n) is 3.46. The number of anilines is 1. The molecule has 0 aromatic heterocycles. The summed E-state index contributed by atoms with van der Waals surface area (Å²) in [5.74, 6) is -0.0833. The van der Waals surface area contributed by atoms with E-state index in [9.17, 15) is 13.2 Å². The second kappa shape index (κ2) is 8.43. The average Bonchev–Trinajstić information content (AvgIpc) is 2.64. The van der Waals surface area contributed by atoms with Gasteiger partial charge in [0.25, 0.3) is 0 Å². The van der Waals surface area contributed by atoms with E-state index < -0.39 is 10.0 Å². The summed E-state index contributed by atoms with van der Waals surface area (Å²) in [5.41, 5.74) is 3.63. The van der Waals surface area contributed by atoms with E-state index in [0.29, 0.717) is 31.1 Å². The molecule has 1 fully saturated rings. The van der Waals surface area contributed by atoms with Crippen LogP contribution in [0.1, 0.15) is 16.7 Å². The van der Waals surface area contributed by atoms with Crippen molar-refractivity contribution in [1.29, 1.82) is 0 Å². The van der Waals surface area contributed by atoms with Crippen molar-refractivity contribution < 1.29 is 13.2 Å². The van der Waals surface area contributed by atoms with Crippen LogP contribution in [-0.2, 0) is 14.8 Å². The van der Waals surface area contributed by atoms with E-state index in [2.05, 4.69) is 5.32 Å². The Bertz CT molecular complexity index is 965. The van der Waals surface area contributed by atoms with Crippen molar-refractivity contribution in [2.45, 2.75) is 25.7 Å². The highest BCUT2D eigenvalue weighted by Crippen LogP contribution is 2.22. The van der Waals surface area contributed by atoms with Gasteiger partial charge in [-0.05, 0) is 44.0 Å². The molecule has 1 N–H and O–H groups in total. The molecule has 150 valence electrons. The summed E-state index contributed by atoms with van der Waals surface area (Å²) in [6.07, 6.45) is 0. The van der Waals surface area contributed by atoms with Crippen molar-refractivity contribution in [2.75, 3.05) is 38.0 Å². The quantitative estimate of drug-likeness (QED) is 0.836. The smallest absolute Gasteiger partial charge is 0.243 e. The molecule has 1 aliphatic rings. The third-order valence-electron chi connectivity index (χ3n) is 5.07. The molecular weight excluding hydrogens is 374 g/mol. The number of nitrogens with zero attached hydrogens (tertiary/aromatic N) is 2. The first-order valence-corrected chi connectivity index (χ1v) is 10.9. The molecule has 0 saturated carbocycles. The zero-order valence-electron chi connectivity index (χ0n) is 16.6. The lowest BCUT2D eigenvalue weighted by Gasteiger charge is -2.33. The molecule has 3 rings (SSSR count). The molecular formula is C21H27N3O3S. The number of carbonyl (C=O) groups excluding carboxylic acids is 1. The number of aryl methyl sites for hydroxylation is 3. The molecule has 1 aliphatic heterocycles. The monoisotopic (exact) mass is 401 g/mol. The van der Waals surface area contributed by atoms with Crippen LogP contribution in [0.25, 0.3) is 0 Å². The fraction of sp³-hybridized carbons (Fsp3) is 0.381. The zero-order chi connectivity index (χ0) is 20.3. The van der Waals surface area contributed by atoms with Crippen LogP contribution in [0.5, 0.6) is 0 Å². The predicted octanol–water partition coefficient (Wildman–Crippen LogP) is 2.56. The van der Waals surface area contributed by atoms with Crippen LogP contribution in [-0.4, -0.2) is 56.3 Å². The highest BCUT2D eigenvalue weighted by molar-refractivity contribution is 7.89. The van der Waals surface area contributed by atoms with Gasteiger partial charge < -0.3 is 5.32 Å². The Hall–Kier alpha value is -2.22. The number of amides is 1. The molecule has 0 aliphatic carbocycles. The van der Waals surface area contributed by atoms with E-state index in [1.54, 1.807) is 6.07 Å². The number of carbonyl (C=O) groups is 1. The van der Waals surface area contributed by atoms with Gasteiger partial charge in [0.2, 0.25) is 15.9 Å². The zero-order valence-corrected chi connectivity index (χ0v) is 17.4. The minimum absolute atomic E-state index is 0.0833. The van der Waals surface area contributed by atoms with E-state index in [4.69, 9.17) is 0 Å². The second-order valence-corrected chi connectivity index (χ2v) is 9.22. The number of piperazine rings is 1. The van der Waals surface area contributed by atoms with Gasteiger partial charge in [-0.3, -0.25) is 9.69 Å². The largest absolute Gasteiger partial charge is 0.325 e. The van der Waals surface area contributed by atoms with Gasteiger partial charge in [0.15, 0.2) is 0 Å². The van der Waals surface area contributed by atoms with Crippen molar-refractivity contribution in [3.63, 3.8) is 0 Å². The molecule has 1 amide bonds. The van der Waals surface area contributed by atoms with Crippen LogP contribution in [0.2, 0.25) is 0 Å². The predicted molar refractivity (Wildman–Crippen MR) is 111 cm³/mol. The SMILES string of the molecule is Cc1ccc(S(=O)(=O)N2CCN(CC(=O)Nc3ccccc3C)CC2)c(C)c1. The number of para-hydroxylation sites is 1. The molecule has 1 heterocycles. The molecule has 1 saturated heterocycles. The number of rotatable bonds is 5. The summed E-state index contributed by atoms with van der Waals surface area (Å²) in [7, 11) is -3.51. The van der Waals surface area contributed by atoms with E-state index in [1.807, 2.05) is 62.1 Å². The Kier molecular flexibility index (Phi) is 6.17. The molecule has 6 nitrogen and oxygen atoms in total. The van der Waals surface area contributed by atoms with Crippen LogP contribution >= 0.6 is 0 Å². The van der Waals surface area contributed by atoms with Gasteiger partial charge in [0.05, 0.1) is 11.4 Å². The average molecular weight is 402 g/mol. The number of benzene rings is 2. The fourth-order valence-corrected chi connectivity index (χ4v) is 5.09. The third kappa shape index (κ3) is 4.60. The topological polar surface area (TPSA) is 69.7 Å². The molecule has 0 bridgehead atoms. The van der Waals surface area contributed by atoms with Gasteiger partial charge in [0.1, 0.15) is 0 Å². The maximum atomic E-state index is 13.0. The molecule has 7 heteroatoms. The standard InChI is InChI=1S/C21H27N3O3S/c1-16-8-9-20(18(3)14-16)28(26,27)24-12-10-23(11-13-24)15-21(25)22-19-7-5-4-6-17(19)2/h4-9,14H,10-13,15H2,1-3H3,(H,22,25). The van der Waals surface area contributed by atoms with Crippen LogP contribution in [0.15, 0.2) is 47.4 Å². The van der Waals surface area contributed by atoms with Crippen molar-refractivity contribution in [3.8, 4) is 0 Å². The molecule has 0 unspecified atom stereocenters.